The van der Waals surface area contributed by atoms with Crippen molar-refractivity contribution < 1.29 is 0 Å². The smallest absolute Gasteiger partial charge is 0.112 e. The zero-order chi connectivity index (χ0) is 11.7. The van der Waals surface area contributed by atoms with E-state index in [4.69, 9.17) is 5.73 Å². The molecule has 3 aromatic rings. The Morgan fingerprint density at radius 3 is 3.18 bits per heavy atom. The van der Waals surface area contributed by atoms with Crippen molar-refractivity contribution in [2.75, 3.05) is 11.1 Å². The molecule has 3 rings (SSSR count). The minimum atomic E-state index is 0.682. The van der Waals surface area contributed by atoms with Crippen molar-refractivity contribution in [1.82, 2.24) is 15.2 Å². The second kappa shape index (κ2) is 4.06. The fraction of sp³-hybridized carbons (Fsp3) is 0.0909. The van der Waals surface area contributed by atoms with Gasteiger partial charge in [0, 0.05) is 17.0 Å². The Hall–Kier alpha value is -2.08. The standard InChI is InChI=1S/C11H11N5S/c12-8-3-7-5-15-16-9(7)4-10(8)14-6-11-13-1-2-17-11/h1-5,14H,6,12H2,(H,15,16). The van der Waals surface area contributed by atoms with Gasteiger partial charge in [-0.05, 0) is 12.1 Å². The van der Waals surface area contributed by atoms with Crippen LogP contribution in [0.5, 0.6) is 0 Å². The third kappa shape index (κ3) is 1.94. The lowest BCUT2D eigenvalue weighted by Crippen LogP contribution is -2.02. The Balaban J connectivity index is 1.86. The topological polar surface area (TPSA) is 79.6 Å². The van der Waals surface area contributed by atoms with Gasteiger partial charge in [-0.3, -0.25) is 5.10 Å². The van der Waals surface area contributed by atoms with Crippen LogP contribution < -0.4 is 11.1 Å². The maximum Gasteiger partial charge on any atom is 0.112 e. The SMILES string of the molecule is Nc1cc2cn[nH]c2cc1NCc1nccs1. The van der Waals surface area contributed by atoms with Gasteiger partial charge in [0.1, 0.15) is 5.01 Å². The number of nitrogens with two attached hydrogens (primary N) is 1. The molecule has 0 aliphatic rings. The molecule has 4 N–H and O–H groups in total. The minimum absolute atomic E-state index is 0.682. The molecule has 17 heavy (non-hydrogen) atoms. The number of aromatic nitrogens is 3. The van der Waals surface area contributed by atoms with E-state index in [1.165, 1.54) is 0 Å². The van der Waals surface area contributed by atoms with E-state index < -0.39 is 0 Å². The largest absolute Gasteiger partial charge is 0.397 e. The average molecular weight is 245 g/mol. The number of anilines is 2. The average Bonchev–Trinajstić information content (AvgIpc) is 2.95. The number of fused-ring (bicyclic) bond motifs is 1. The first-order valence-electron chi connectivity index (χ1n) is 5.18. The molecule has 1 aromatic carbocycles. The predicted octanol–water partition coefficient (Wildman–Crippen LogP) is 2.21. The zero-order valence-corrected chi connectivity index (χ0v) is 9.79. The minimum Gasteiger partial charge on any atom is -0.397 e. The molecule has 0 fully saturated rings. The predicted molar refractivity (Wildman–Crippen MR) is 69.9 cm³/mol. The number of hydrogen-bond acceptors (Lipinski definition) is 5. The zero-order valence-electron chi connectivity index (χ0n) is 8.97. The molecule has 0 bridgehead atoms. The third-order valence-electron chi connectivity index (χ3n) is 2.52. The van der Waals surface area contributed by atoms with E-state index in [1.807, 2.05) is 17.5 Å². The molecule has 0 radical (unpaired) electrons. The number of benzene rings is 1. The van der Waals surface area contributed by atoms with Gasteiger partial charge in [0.05, 0.1) is 29.6 Å². The van der Waals surface area contributed by atoms with Crippen LogP contribution in [0, 0.1) is 0 Å². The van der Waals surface area contributed by atoms with Crippen molar-refractivity contribution in [3.8, 4) is 0 Å². The maximum atomic E-state index is 5.96. The highest BCUT2D eigenvalue weighted by atomic mass is 32.1. The summed E-state index contributed by atoms with van der Waals surface area (Å²) in [7, 11) is 0. The summed E-state index contributed by atoms with van der Waals surface area (Å²) >= 11 is 1.62. The second-order valence-corrected chi connectivity index (χ2v) is 4.66. The van der Waals surface area contributed by atoms with Crippen molar-refractivity contribution in [3.63, 3.8) is 0 Å². The number of hydrogen-bond donors (Lipinski definition) is 3. The Morgan fingerprint density at radius 1 is 1.41 bits per heavy atom. The first-order valence-corrected chi connectivity index (χ1v) is 6.06. The van der Waals surface area contributed by atoms with E-state index in [0.29, 0.717) is 6.54 Å². The van der Waals surface area contributed by atoms with Crippen molar-refractivity contribution in [3.05, 3.63) is 34.9 Å². The molecule has 6 heteroatoms. The molecule has 0 amide bonds. The van der Waals surface area contributed by atoms with Crippen LogP contribution in [-0.2, 0) is 6.54 Å². The second-order valence-electron chi connectivity index (χ2n) is 3.68. The van der Waals surface area contributed by atoms with Crippen LogP contribution in [0.3, 0.4) is 0 Å². The molecule has 2 aromatic heterocycles. The molecule has 0 saturated heterocycles. The molecular weight excluding hydrogens is 234 g/mol. The van der Waals surface area contributed by atoms with Crippen LogP contribution >= 0.6 is 11.3 Å². The lowest BCUT2D eigenvalue weighted by molar-refractivity contribution is 1.10. The molecule has 2 heterocycles. The van der Waals surface area contributed by atoms with Crippen LogP contribution in [0.2, 0.25) is 0 Å². The van der Waals surface area contributed by atoms with E-state index in [-0.39, 0.29) is 0 Å². The molecule has 0 spiro atoms. The van der Waals surface area contributed by atoms with Gasteiger partial charge < -0.3 is 11.1 Å². The molecule has 0 unspecified atom stereocenters. The van der Waals surface area contributed by atoms with Gasteiger partial charge in [0.2, 0.25) is 0 Å². The summed E-state index contributed by atoms with van der Waals surface area (Å²) in [6, 6.07) is 3.87. The van der Waals surface area contributed by atoms with Gasteiger partial charge in [-0.25, -0.2) is 4.98 Å². The number of rotatable bonds is 3. The van der Waals surface area contributed by atoms with Crippen LogP contribution in [0.25, 0.3) is 10.9 Å². The van der Waals surface area contributed by atoms with Gasteiger partial charge in [-0.2, -0.15) is 5.10 Å². The summed E-state index contributed by atoms with van der Waals surface area (Å²) < 4.78 is 0. The van der Waals surface area contributed by atoms with Gasteiger partial charge in [0.15, 0.2) is 0 Å². The Bertz CT molecular complexity index is 628. The first kappa shape index (κ1) is 10.1. The Kier molecular flexibility index (Phi) is 2.41. The van der Waals surface area contributed by atoms with E-state index >= 15 is 0 Å². The summed E-state index contributed by atoms with van der Waals surface area (Å²) in [5, 5.41) is 14.2. The molecular formula is C11H11N5S. The highest BCUT2D eigenvalue weighted by molar-refractivity contribution is 7.09. The Labute approximate surface area is 102 Å². The van der Waals surface area contributed by atoms with Gasteiger partial charge in [0.25, 0.3) is 0 Å². The van der Waals surface area contributed by atoms with Crippen LogP contribution in [0.4, 0.5) is 11.4 Å². The summed E-state index contributed by atoms with van der Waals surface area (Å²) in [4.78, 5) is 4.21. The van der Waals surface area contributed by atoms with E-state index in [9.17, 15) is 0 Å². The van der Waals surface area contributed by atoms with Gasteiger partial charge in [-0.1, -0.05) is 0 Å². The number of nitrogens with one attached hydrogen (secondary N) is 2. The highest BCUT2D eigenvalue weighted by Crippen LogP contribution is 2.25. The first-order chi connectivity index (χ1) is 8.33. The van der Waals surface area contributed by atoms with E-state index in [1.54, 1.807) is 23.7 Å². The summed E-state index contributed by atoms with van der Waals surface area (Å²) in [6.07, 6.45) is 3.55. The molecule has 86 valence electrons. The van der Waals surface area contributed by atoms with Crippen molar-refractivity contribution in [1.29, 1.82) is 0 Å². The molecule has 0 aliphatic heterocycles. The summed E-state index contributed by atoms with van der Waals surface area (Å²) in [5.41, 5.74) is 8.56. The quantitative estimate of drug-likeness (QED) is 0.618. The number of aromatic amines is 1. The molecule has 0 aliphatic carbocycles. The van der Waals surface area contributed by atoms with E-state index in [0.717, 1.165) is 27.3 Å². The monoisotopic (exact) mass is 245 g/mol. The lowest BCUT2D eigenvalue weighted by atomic mass is 10.2. The fourth-order valence-corrected chi connectivity index (χ4v) is 2.23. The highest BCUT2D eigenvalue weighted by Gasteiger charge is 2.04. The lowest BCUT2D eigenvalue weighted by Gasteiger charge is -2.07. The van der Waals surface area contributed by atoms with E-state index in [2.05, 4.69) is 20.5 Å². The normalized spacial score (nSPS) is 10.8. The third-order valence-corrected chi connectivity index (χ3v) is 3.30. The van der Waals surface area contributed by atoms with Crippen molar-refractivity contribution >= 4 is 33.6 Å². The summed E-state index contributed by atoms with van der Waals surface area (Å²) in [6.45, 7) is 0.682. The van der Waals surface area contributed by atoms with Crippen molar-refractivity contribution in [2.24, 2.45) is 0 Å². The molecule has 0 atom stereocenters. The van der Waals surface area contributed by atoms with Crippen LogP contribution in [-0.4, -0.2) is 15.2 Å². The molecule has 0 saturated carbocycles. The van der Waals surface area contributed by atoms with Crippen molar-refractivity contribution in [2.45, 2.75) is 6.54 Å². The fourth-order valence-electron chi connectivity index (χ4n) is 1.67. The van der Waals surface area contributed by atoms with Crippen LogP contribution in [0.15, 0.2) is 29.9 Å². The summed E-state index contributed by atoms with van der Waals surface area (Å²) in [5.74, 6) is 0. The van der Waals surface area contributed by atoms with Gasteiger partial charge >= 0.3 is 0 Å². The number of nitrogens with zero attached hydrogens (tertiary/aromatic N) is 2. The number of nitrogen functional groups attached to an aromatic ring is 1. The maximum absolute atomic E-state index is 5.96. The molecule has 5 nitrogen and oxygen atoms in total. The Morgan fingerprint density at radius 2 is 2.35 bits per heavy atom. The van der Waals surface area contributed by atoms with Crippen LogP contribution in [0.1, 0.15) is 5.01 Å². The number of thiazole rings is 1. The number of H-pyrrole nitrogens is 1. The van der Waals surface area contributed by atoms with Gasteiger partial charge in [-0.15, -0.1) is 11.3 Å².